The number of carbonyl (C=O) groups is 4. The summed E-state index contributed by atoms with van der Waals surface area (Å²) >= 11 is 0. The molecule has 56 heavy (non-hydrogen) atoms. The van der Waals surface area contributed by atoms with Crippen molar-refractivity contribution in [3.05, 3.63) is 60.7 Å². The molecule has 2 aliphatic heterocycles. The average molecular weight is 769 g/mol. The monoisotopic (exact) mass is 768 g/mol. The van der Waals surface area contributed by atoms with Crippen molar-refractivity contribution < 1.29 is 33.1 Å². The van der Waals surface area contributed by atoms with Crippen molar-refractivity contribution in [2.24, 2.45) is 11.8 Å². The zero-order valence-corrected chi connectivity index (χ0v) is 32.4. The minimum absolute atomic E-state index is 0.116. The Hall–Kier alpha value is -6.13. The van der Waals surface area contributed by atoms with Crippen LogP contribution in [0.5, 0.6) is 0 Å². The van der Waals surface area contributed by atoms with Crippen molar-refractivity contribution in [2.45, 2.75) is 77.5 Å². The number of amides is 4. The van der Waals surface area contributed by atoms with Crippen LogP contribution in [0.1, 0.15) is 77.1 Å². The minimum Gasteiger partial charge on any atom is -0.453 e. The van der Waals surface area contributed by atoms with Crippen LogP contribution >= 0.6 is 0 Å². The van der Waals surface area contributed by atoms with Gasteiger partial charge in [0.25, 0.3) is 0 Å². The smallest absolute Gasteiger partial charge is 0.407 e. The van der Waals surface area contributed by atoms with Crippen LogP contribution in [0, 0.1) is 11.8 Å². The highest BCUT2D eigenvalue weighted by molar-refractivity contribution is 5.87. The number of imidazole rings is 3. The molecule has 1 aromatic carbocycles. The first kappa shape index (κ1) is 38.2. The summed E-state index contributed by atoms with van der Waals surface area (Å²) < 4.78 is 17.5. The number of H-pyrrole nitrogens is 2. The maximum absolute atomic E-state index is 13.5. The maximum Gasteiger partial charge on any atom is 0.407 e. The summed E-state index contributed by atoms with van der Waals surface area (Å²) in [5.41, 5.74) is 3.94. The van der Waals surface area contributed by atoms with Crippen LogP contribution in [-0.2, 0) is 19.1 Å². The topological polar surface area (TPSA) is 205 Å². The second-order valence-electron chi connectivity index (χ2n) is 14.9. The van der Waals surface area contributed by atoms with E-state index < -0.39 is 24.3 Å². The third kappa shape index (κ3) is 7.57. The van der Waals surface area contributed by atoms with E-state index in [1.165, 1.54) is 14.2 Å². The molecule has 4 aromatic heterocycles. The quantitative estimate of drug-likeness (QED) is 0.134. The molecule has 0 bridgehead atoms. The Balaban J connectivity index is 1.02. The number of oxazole rings is 1. The zero-order chi connectivity index (χ0) is 39.7. The largest absolute Gasteiger partial charge is 0.453 e. The van der Waals surface area contributed by atoms with Crippen molar-refractivity contribution in [1.82, 2.24) is 49.8 Å². The lowest BCUT2D eigenvalue weighted by Gasteiger charge is -2.30. The first-order valence-corrected chi connectivity index (χ1v) is 18.9. The number of rotatable bonds is 11. The van der Waals surface area contributed by atoms with Gasteiger partial charge >= 0.3 is 18.0 Å². The number of methoxy groups -OCH3 is 2. The van der Waals surface area contributed by atoms with Crippen molar-refractivity contribution in [3.63, 3.8) is 0 Å². The van der Waals surface area contributed by atoms with Crippen molar-refractivity contribution in [2.75, 3.05) is 27.3 Å². The number of carbonyl (C=O) groups excluding carboxylic acids is 4. The highest BCUT2D eigenvalue weighted by atomic mass is 16.5. The second kappa shape index (κ2) is 15.9. The fourth-order valence-electron chi connectivity index (χ4n) is 7.55. The summed E-state index contributed by atoms with van der Waals surface area (Å²) in [4.78, 5) is 75.2. The molecule has 7 rings (SSSR count). The molecule has 6 heterocycles. The molecule has 17 heteroatoms. The first-order valence-electron chi connectivity index (χ1n) is 18.9. The van der Waals surface area contributed by atoms with Gasteiger partial charge in [0.2, 0.25) is 11.8 Å². The first-order chi connectivity index (χ1) is 26.9. The summed E-state index contributed by atoms with van der Waals surface area (Å²) in [6, 6.07) is 5.99. The highest BCUT2D eigenvalue weighted by Crippen LogP contribution is 2.35. The van der Waals surface area contributed by atoms with Gasteiger partial charge in [-0.15, -0.1) is 0 Å². The number of benzene rings is 1. The molecule has 4 N–H and O–H groups in total. The Kier molecular flexibility index (Phi) is 10.8. The maximum atomic E-state index is 13.5. The predicted octanol–water partition coefficient (Wildman–Crippen LogP) is 5.46. The molecule has 0 radical (unpaired) electrons. The SMILES string of the molecule is COC(=O)N[C@H](C(=O)N1CCCC1c1ncc(-c2cn3cc(-c4ccc(-c5cnc([C@@H]6CCCN6C(=O)[C@@H](NC(=O)OC)C(C)C)[nH]5)cc4)oc3n2)[nH]1)C(C)C. The molecule has 2 fully saturated rings. The van der Waals surface area contributed by atoms with E-state index in [4.69, 9.17) is 18.9 Å². The molecule has 2 saturated heterocycles. The Bertz CT molecular complexity index is 2170. The highest BCUT2D eigenvalue weighted by Gasteiger charge is 2.39. The third-order valence-corrected chi connectivity index (χ3v) is 10.6. The van der Waals surface area contributed by atoms with Gasteiger partial charge in [0.05, 0.1) is 56.3 Å². The molecular weight excluding hydrogens is 720 g/mol. The minimum atomic E-state index is -0.712. The van der Waals surface area contributed by atoms with E-state index in [-0.39, 0.29) is 35.7 Å². The molecule has 4 amide bonds. The van der Waals surface area contributed by atoms with Crippen LogP contribution in [0.4, 0.5) is 9.59 Å². The molecule has 0 spiro atoms. The van der Waals surface area contributed by atoms with E-state index in [0.717, 1.165) is 42.5 Å². The standard InChI is InChI=1S/C39H48N10O7/c1-21(2)31(45-38(52)54-5)35(50)48-15-7-9-28(48)33-40-17-25(42-33)23-11-13-24(14-12-23)30-20-47-19-27(44-37(47)56-30)26-18-41-34(43-26)29-10-8-16-49(29)36(51)32(22(3)4)46-39(53)55-6/h11-14,17-22,28-29,31-32H,7-10,15-16H2,1-6H3,(H,40,42)(H,41,43)(H,45,52)(H,46,53)/t28-,29?,31-,32-/m0/s1. The molecule has 0 aliphatic carbocycles. The summed E-state index contributed by atoms with van der Waals surface area (Å²) in [5.74, 6) is 1.84. The van der Waals surface area contributed by atoms with Crippen molar-refractivity contribution in [3.8, 4) is 34.0 Å². The van der Waals surface area contributed by atoms with Gasteiger partial charge in [0, 0.05) is 24.8 Å². The predicted molar refractivity (Wildman–Crippen MR) is 204 cm³/mol. The lowest BCUT2D eigenvalue weighted by Crippen LogP contribution is -2.51. The van der Waals surface area contributed by atoms with Gasteiger partial charge in [-0.05, 0) is 43.1 Å². The van der Waals surface area contributed by atoms with Gasteiger partial charge in [0.15, 0.2) is 5.76 Å². The fourth-order valence-corrected chi connectivity index (χ4v) is 7.55. The van der Waals surface area contributed by atoms with Crippen molar-refractivity contribution >= 4 is 29.8 Å². The summed E-state index contributed by atoms with van der Waals surface area (Å²) in [5, 5.41) is 5.36. The van der Waals surface area contributed by atoms with E-state index in [1.807, 2.05) is 68.8 Å². The van der Waals surface area contributed by atoms with E-state index in [1.54, 1.807) is 22.2 Å². The molecule has 17 nitrogen and oxygen atoms in total. The molecular formula is C39H48N10O7. The van der Waals surface area contributed by atoms with Crippen molar-refractivity contribution in [1.29, 1.82) is 0 Å². The molecule has 4 atom stereocenters. The van der Waals surface area contributed by atoms with Crippen LogP contribution in [0.25, 0.3) is 39.8 Å². The number of fused-ring (bicyclic) bond motifs is 1. The number of alkyl carbamates (subject to hydrolysis) is 2. The van der Waals surface area contributed by atoms with Crippen LogP contribution in [0.3, 0.4) is 0 Å². The number of likely N-dealkylation sites (tertiary alicyclic amines) is 2. The number of aromatic amines is 2. The number of ether oxygens (including phenoxy) is 2. The number of nitrogens with one attached hydrogen (secondary N) is 4. The molecule has 2 aliphatic rings. The lowest BCUT2D eigenvalue weighted by molar-refractivity contribution is -0.136. The van der Waals surface area contributed by atoms with Crippen LogP contribution in [-0.4, -0.2) is 103 Å². The number of aromatic nitrogens is 6. The van der Waals surface area contributed by atoms with Gasteiger partial charge in [-0.3, -0.25) is 14.0 Å². The molecule has 1 unspecified atom stereocenters. The van der Waals surface area contributed by atoms with E-state index >= 15 is 0 Å². The van der Waals surface area contributed by atoms with Crippen LogP contribution < -0.4 is 10.6 Å². The average Bonchev–Trinajstić information content (AvgIpc) is 4.04. The number of hydrogen-bond donors (Lipinski definition) is 4. The molecule has 0 saturated carbocycles. The Labute approximate surface area is 323 Å². The summed E-state index contributed by atoms with van der Waals surface area (Å²) in [7, 11) is 2.56. The van der Waals surface area contributed by atoms with Gasteiger partial charge < -0.3 is 44.3 Å². The Morgan fingerprint density at radius 3 is 1.75 bits per heavy atom. The Morgan fingerprint density at radius 1 is 0.750 bits per heavy atom. The van der Waals surface area contributed by atoms with Crippen LogP contribution in [0.2, 0.25) is 0 Å². The fraction of sp³-hybridized carbons (Fsp3) is 0.462. The second-order valence-corrected chi connectivity index (χ2v) is 14.9. The van der Waals surface area contributed by atoms with Gasteiger partial charge in [-0.2, -0.15) is 4.98 Å². The third-order valence-electron chi connectivity index (χ3n) is 10.6. The molecule has 296 valence electrons. The molecule has 5 aromatic rings. The van der Waals surface area contributed by atoms with Gasteiger partial charge in [-0.1, -0.05) is 52.0 Å². The summed E-state index contributed by atoms with van der Waals surface area (Å²) in [6.45, 7) is 8.69. The zero-order valence-electron chi connectivity index (χ0n) is 32.4. The van der Waals surface area contributed by atoms with Crippen LogP contribution in [0.15, 0.2) is 53.5 Å². The lowest BCUT2D eigenvalue weighted by atomic mass is 10.0. The van der Waals surface area contributed by atoms with E-state index in [0.29, 0.717) is 47.7 Å². The van der Waals surface area contributed by atoms with Gasteiger partial charge in [-0.25, -0.2) is 19.6 Å². The Morgan fingerprint density at radius 2 is 1.25 bits per heavy atom. The van der Waals surface area contributed by atoms with E-state index in [2.05, 4.69) is 30.6 Å². The van der Waals surface area contributed by atoms with E-state index in [9.17, 15) is 19.2 Å². The number of hydrogen-bond acceptors (Lipinski definition) is 10. The van der Waals surface area contributed by atoms with Gasteiger partial charge in [0.1, 0.15) is 29.4 Å². The summed E-state index contributed by atoms with van der Waals surface area (Å²) in [6.07, 6.45) is 9.09. The normalized spacial score (nSPS) is 18.1. The number of nitrogens with zero attached hydrogens (tertiary/aromatic N) is 6.